The fraction of sp³-hybridized carbons (Fsp3) is 0.222. The third kappa shape index (κ3) is 1.39. The number of ether oxygens (including phenoxy) is 1. The van der Waals surface area contributed by atoms with Crippen LogP contribution >= 0.6 is 0 Å². The number of carboxylic acids is 1. The summed E-state index contributed by atoms with van der Waals surface area (Å²) in [5, 5.41) is 8.88. The van der Waals surface area contributed by atoms with Crippen LogP contribution in [0.15, 0.2) is 12.4 Å². The van der Waals surface area contributed by atoms with Crippen molar-refractivity contribution in [2.24, 2.45) is 0 Å². The molecule has 15 heavy (non-hydrogen) atoms. The van der Waals surface area contributed by atoms with Gasteiger partial charge in [-0.1, -0.05) is 0 Å². The minimum Gasteiger partial charge on any atom is -0.494 e. The first-order valence-corrected chi connectivity index (χ1v) is 4.25. The molecule has 78 valence electrons. The Balaban J connectivity index is 2.75. The number of hydrogen-bond acceptors (Lipinski definition) is 4. The Kier molecular flexibility index (Phi) is 2.03. The molecule has 0 unspecified atom stereocenters. The highest BCUT2D eigenvalue weighted by Crippen LogP contribution is 2.15. The van der Waals surface area contributed by atoms with Gasteiger partial charge in [0, 0.05) is 0 Å². The average molecular weight is 207 g/mol. The van der Waals surface area contributed by atoms with Gasteiger partial charge in [-0.15, -0.1) is 0 Å². The van der Waals surface area contributed by atoms with Crippen molar-refractivity contribution in [3.63, 3.8) is 0 Å². The first-order valence-electron chi connectivity index (χ1n) is 4.25. The van der Waals surface area contributed by atoms with Crippen molar-refractivity contribution in [3.05, 3.63) is 23.9 Å². The van der Waals surface area contributed by atoms with Crippen LogP contribution in [-0.4, -0.2) is 32.6 Å². The molecule has 0 saturated heterocycles. The summed E-state index contributed by atoms with van der Waals surface area (Å²) in [6.45, 7) is 1.71. The fourth-order valence-corrected chi connectivity index (χ4v) is 1.35. The molecule has 0 atom stereocenters. The summed E-state index contributed by atoms with van der Waals surface area (Å²) in [6.07, 6.45) is 3.11. The molecule has 0 spiro atoms. The number of aromatic nitrogens is 3. The van der Waals surface area contributed by atoms with Crippen molar-refractivity contribution in [1.29, 1.82) is 0 Å². The molecule has 0 aromatic carbocycles. The lowest BCUT2D eigenvalue weighted by molar-refractivity contribution is 0.0693. The first kappa shape index (κ1) is 9.45. The summed E-state index contributed by atoms with van der Waals surface area (Å²) in [6, 6.07) is 0. The SMILES string of the molecule is COc1cnc2c(C(=O)O)nc(C)n2c1. The van der Waals surface area contributed by atoms with Gasteiger partial charge in [0.1, 0.15) is 5.82 Å². The molecular formula is C9H9N3O3. The lowest BCUT2D eigenvalue weighted by Crippen LogP contribution is -1.99. The molecule has 6 nitrogen and oxygen atoms in total. The van der Waals surface area contributed by atoms with Crippen LogP contribution < -0.4 is 4.74 Å². The van der Waals surface area contributed by atoms with Crippen LogP contribution in [0.3, 0.4) is 0 Å². The number of rotatable bonds is 2. The number of aromatic carboxylic acids is 1. The largest absolute Gasteiger partial charge is 0.494 e. The molecule has 6 heteroatoms. The molecular weight excluding hydrogens is 198 g/mol. The van der Waals surface area contributed by atoms with Crippen LogP contribution in [0.4, 0.5) is 0 Å². The maximum absolute atomic E-state index is 10.8. The Morgan fingerprint density at radius 1 is 1.60 bits per heavy atom. The minimum atomic E-state index is -1.08. The molecule has 2 rings (SSSR count). The van der Waals surface area contributed by atoms with Gasteiger partial charge in [0.05, 0.1) is 19.5 Å². The second-order valence-electron chi connectivity index (χ2n) is 3.00. The van der Waals surface area contributed by atoms with Crippen LogP contribution in [0.5, 0.6) is 5.75 Å². The molecule has 2 aromatic heterocycles. The van der Waals surface area contributed by atoms with Gasteiger partial charge < -0.3 is 9.84 Å². The van der Waals surface area contributed by atoms with E-state index in [0.29, 0.717) is 17.2 Å². The molecule has 1 N–H and O–H groups in total. The maximum Gasteiger partial charge on any atom is 0.358 e. The van der Waals surface area contributed by atoms with E-state index in [-0.39, 0.29) is 5.69 Å². The minimum absolute atomic E-state index is 0.0462. The van der Waals surface area contributed by atoms with Gasteiger partial charge in [-0.3, -0.25) is 4.40 Å². The maximum atomic E-state index is 10.8. The van der Waals surface area contributed by atoms with Crippen LogP contribution in [0, 0.1) is 6.92 Å². The zero-order valence-electron chi connectivity index (χ0n) is 8.26. The average Bonchev–Trinajstić information content (AvgIpc) is 2.56. The number of aryl methyl sites for hydroxylation is 1. The summed E-state index contributed by atoms with van der Waals surface area (Å²) < 4.78 is 6.57. The molecule has 0 fully saturated rings. The van der Waals surface area contributed by atoms with E-state index in [9.17, 15) is 4.79 Å². The smallest absolute Gasteiger partial charge is 0.358 e. The lowest BCUT2D eigenvalue weighted by atomic mass is 10.4. The summed E-state index contributed by atoms with van der Waals surface area (Å²) in [7, 11) is 1.52. The third-order valence-corrected chi connectivity index (χ3v) is 2.07. The van der Waals surface area contributed by atoms with Crippen molar-refractivity contribution >= 4 is 11.6 Å². The number of carboxylic acid groups (broad SMARTS) is 1. The second-order valence-corrected chi connectivity index (χ2v) is 3.00. The highest BCUT2D eigenvalue weighted by atomic mass is 16.5. The standard InChI is InChI=1S/C9H9N3O3/c1-5-11-7(9(13)14)8-10-3-6(15-2)4-12(5)8/h3-4H,1-2H3,(H,13,14). The van der Waals surface area contributed by atoms with Gasteiger partial charge in [-0.25, -0.2) is 14.8 Å². The Morgan fingerprint density at radius 2 is 2.33 bits per heavy atom. The van der Waals surface area contributed by atoms with Crippen LogP contribution in [0.1, 0.15) is 16.3 Å². The quantitative estimate of drug-likeness (QED) is 0.786. The Hall–Kier alpha value is -2.11. The summed E-state index contributed by atoms with van der Waals surface area (Å²) in [5.41, 5.74) is 0.274. The number of hydrogen-bond donors (Lipinski definition) is 1. The van der Waals surface area contributed by atoms with Gasteiger partial charge in [0.2, 0.25) is 0 Å². The molecule has 0 aliphatic rings. The van der Waals surface area contributed by atoms with Crippen molar-refractivity contribution in [2.45, 2.75) is 6.92 Å². The van der Waals surface area contributed by atoms with Crippen LogP contribution in [-0.2, 0) is 0 Å². The Labute approximate surface area is 85.2 Å². The number of methoxy groups -OCH3 is 1. The Bertz CT molecular complexity index is 533. The monoisotopic (exact) mass is 207 g/mol. The first-order chi connectivity index (χ1) is 7.13. The topological polar surface area (TPSA) is 76.7 Å². The number of imidazole rings is 1. The van der Waals surface area contributed by atoms with E-state index >= 15 is 0 Å². The van der Waals surface area contributed by atoms with E-state index in [1.165, 1.54) is 13.3 Å². The van der Waals surface area contributed by atoms with E-state index in [2.05, 4.69) is 9.97 Å². The summed E-state index contributed by atoms with van der Waals surface area (Å²) in [5.74, 6) is 0.0343. The van der Waals surface area contributed by atoms with E-state index in [1.807, 2.05) is 0 Å². The second kappa shape index (κ2) is 3.23. The highest BCUT2D eigenvalue weighted by Gasteiger charge is 2.15. The van der Waals surface area contributed by atoms with Gasteiger partial charge in [0.25, 0.3) is 0 Å². The molecule has 2 aromatic rings. The fourth-order valence-electron chi connectivity index (χ4n) is 1.35. The van der Waals surface area contributed by atoms with Crippen molar-refractivity contribution < 1.29 is 14.6 Å². The zero-order valence-corrected chi connectivity index (χ0v) is 8.26. The van der Waals surface area contributed by atoms with Gasteiger partial charge in [-0.2, -0.15) is 0 Å². The van der Waals surface area contributed by atoms with Gasteiger partial charge >= 0.3 is 5.97 Å². The molecule has 0 amide bonds. The van der Waals surface area contributed by atoms with E-state index < -0.39 is 5.97 Å². The highest BCUT2D eigenvalue weighted by molar-refractivity contribution is 5.92. The van der Waals surface area contributed by atoms with Crippen LogP contribution in [0.2, 0.25) is 0 Å². The number of carbonyl (C=O) groups is 1. The summed E-state index contributed by atoms with van der Waals surface area (Å²) in [4.78, 5) is 18.7. The van der Waals surface area contributed by atoms with Crippen molar-refractivity contribution in [2.75, 3.05) is 7.11 Å². The van der Waals surface area contributed by atoms with E-state index in [0.717, 1.165) is 0 Å². The Morgan fingerprint density at radius 3 is 2.93 bits per heavy atom. The van der Waals surface area contributed by atoms with Gasteiger partial charge in [0.15, 0.2) is 17.1 Å². The molecule has 0 bridgehead atoms. The third-order valence-electron chi connectivity index (χ3n) is 2.07. The lowest BCUT2D eigenvalue weighted by Gasteiger charge is -2.00. The zero-order chi connectivity index (χ0) is 11.0. The predicted molar refractivity (Wildman–Crippen MR) is 51.2 cm³/mol. The number of fused-ring (bicyclic) bond motifs is 1. The molecule has 0 radical (unpaired) electrons. The number of nitrogens with zero attached hydrogens (tertiary/aromatic N) is 3. The molecule has 0 aliphatic heterocycles. The van der Waals surface area contributed by atoms with E-state index in [1.54, 1.807) is 17.5 Å². The van der Waals surface area contributed by atoms with E-state index in [4.69, 9.17) is 9.84 Å². The predicted octanol–water partition coefficient (Wildman–Crippen LogP) is 0.745. The molecule has 0 aliphatic carbocycles. The van der Waals surface area contributed by atoms with Crippen molar-refractivity contribution in [1.82, 2.24) is 14.4 Å². The molecule has 2 heterocycles. The summed E-state index contributed by atoms with van der Waals surface area (Å²) >= 11 is 0. The normalized spacial score (nSPS) is 10.5. The van der Waals surface area contributed by atoms with Gasteiger partial charge in [-0.05, 0) is 6.92 Å². The molecule has 0 saturated carbocycles. The van der Waals surface area contributed by atoms with Crippen LogP contribution in [0.25, 0.3) is 5.65 Å². The van der Waals surface area contributed by atoms with Crippen molar-refractivity contribution in [3.8, 4) is 5.75 Å².